The molecule has 34 heavy (non-hydrogen) atoms. The number of rotatable bonds is 11. The first-order valence-electron chi connectivity index (χ1n) is 10.8. The number of methoxy groups -OCH3 is 1. The maximum Gasteiger partial charge on any atom is 0.315 e. The average molecular weight is 486 g/mol. The molecule has 0 radical (unpaired) electrons. The van der Waals surface area contributed by atoms with Gasteiger partial charge in [-0.3, -0.25) is 4.79 Å². The molecular weight excluding hydrogens is 457 g/mol. The highest BCUT2D eigenvalue weighted by atomic mass is 32.1. The van der Waals surface area contributed by atoms with Crippen molar-refractivity contribution in [3.63, 3.8) is 0 Å². The Morgan fingerprint density at radius 1 is 1.03 bits per heavy atom. The summed E-state index contributed by atoms with van der Waals surface area (Å²) >= 11 is 1.62. The Morgan fingerprint density at radius 2 is 1.79 bits per heavy atom. The summed E-state index contributed by atoms with van der Waals surface area (Å²) in [7, 11) is 1.58. The summed E-state index contributed by atoms with van der Waals surface area (Å²) in [5, 5.41) is 7.22. The van der Waals surface area contributed by atoms with E-state index in [1.165, 1.54) is 12.1 Å². The Labute approximate surface area is 202 Å². The third-order valence-corrected chi connectivity index (χ3v) is 5.90. The lowest BCUT2D eigenvalue weighted by molar-refractivity contribution is -0.130. The molecule has 1 heterocycles. The van der Waals surface area contributed by atoms with E-state index in [1.54, 1.807) is 35.5 Å². The molecule has 0 unspecified atom stereocenters. The highest BCUT2D eigenvalue weighted by Crippen LogP contribution is 2.29. The maximum atomic E-state index is 13.0. The zero-order chi connectivity index (χ0) is 24.3. The van der Waals surface area contributed by atoms with Gasteiger partial charge in [0.2, 0.25) is 5.91 Å². The van der Waals surface area contributed by atoms with Crippen LogP contribution in [0.5, 0.6) is 11.5 Å². The van der Waals surface area contributed by atoms with Crippen molar-refractivity contribution in [3.8, 4) is 11.5 Å². The Hall–Kier alpha value is -3.59. The van der Waals surface area contributed by atoms with Gasteiger partial charge in [-0.1, -0.05) is 24.3 Å². The van der Waals surface area contributed by atoms with Gasteiger partial charge in [0.1, 0.15) is 12.4 Å². The molecule has 2 aromatic carbocycles. The van der Waals surface area contributed by atoms with Crippen LogP contribution in [0, 0.1) is 5.82 Å². The number of nitrogens with zero attached hydrogens (tertiary/aromatic N) is 1. The summed E-state index contributed by atoms with van der Waals surface area (Å²) in [6.45, 7) is 3.29. The monoisotopic (exact) mass is 485 g/mol. The number of halogens is 1. The molecule has 0 saturated carbocycles. The molecule has 0 aliphatic carbocycles. The minimum absolute atomic E-state index is 0.137. The Morgan fingerprint density at radius 3 is 2.47 bits per heavy atom. The summed E-state index contributed by atoms with van der Waals surface area (Å²) in [5.74, 6) is 0.678. The van der Waals surface area contributed by atoms with Crippen molar-refractivity contribution in [2.45, 2.75) is 26.6 Å². The van der Waals surface area contributed by atoms with Crippen LogP contribution in [0.3, 0.4) is 0 Å². The zero-order valence-electron chi connectivity index (χ0n) is 19.2. The van der Waals surface area contributed by atoms with Crippen molar-refractivity contribution >= 4 is 23.3 Å². The maximum absolute atomic E-state index is 13.0. The highest BCUT2D eigenvalue weighted by molar-refractivity contribution is 7.09. The predicted octanol–water partition coefficient (Wildman–Crippen LogP) is 4.32. The van der Waals surface area contributed by atoms with E-state index in [4.69, 9.17) is 9.47 Å². The second-order valence-electron chi connectivity index (χ2n) is 7.42. The number of benzene rings is 2. The molecule has 0 aliphatic rings. The molecule has 9 heteroatoms. The smallest absolute Gasteiger partial charge is 0.315 e. The zero-order valence-corrected chi connectivity index (χ0v) is 20.0. The lowest BCUT2D eigenvalue weighted by Crippen LogP contribution is -2.43. The van der Waals surface area contributed by atoms with Crippen molar-refractivity contribution in [2.75, 3.05) is 20.2 Å². The van der Waals surface area contributed by atoms with Crippen LogP contribution < -0.4 is 20.1 Å². The van der Waals surface area contributed by atoms with E-state index < -0.39 is 6.03 Å². The number of urea groups is 1. The van der Waals surface area contributed by atoms with Gasteiger partial charge in [0.15, 0.2) is 11.5 Å². The van der Waals surface area contributed by atoms with Crippen LogP contribution in [0.2, 0.25) is 0 Å². The Balaban J connectivity index is 1.49. The standard InChI is InChI=1S/C25H28FN3O4S/c1-3-29(24(30)15-28-25(31)27-14-18-6-9-20(26)10-7-18)16-19-8-11-22(23(13-19)32-2)33-17-21-5-4-12-34-21/h4-13H,3,14-17H2,1-2H3,(H2,27,28,31). The van der Waals surface area contributed by atoms with Crippen molar-refractivity contribution in [1.29, 1.82) is 0 Å². The number of amides is 3. The fourth-order valence-electron chi connectivity index (χ4n) is 3.18. The number of likely N-dealkylation sites (N-methyl/N-ethyl adjacent to an activating group) is 1. The molecule has 2 N–H and O–H groups in total. The minimum atomic E-state index is -0.470. The van der Waals surface area contributed by atoms with Gasteiger partial charge in [0, 0.05) is 24.5 Å². The fraction of sp³-hybridized carbons (Fsp3) is 0.280. The van der Waals surface area contributed by atoms with Gasteiger partial charge in [-0.25, -0.2) is 9.18 Å². The Kier molecular flexibility index (Phi) is 9.28. The molecular formula is C25H28FN3O4S. The lowest BCUT2D eigenvalue weighted by atomic mass is 10.2. The van der Waals surface area contributed by atoms with Crippen molar-refractivity contribution in [3.05, 3.63) is 81.8 Å². The summed E-state index contributed by atoms with van der Waals surface area (Å²) in [4.78, 5) is 27.4. The molecule has 3 aromatic rings. The molecule has 0 aliphatic heterocycles. The molecule has 0 atom stereocenters. The van der Waals surface area contributed by atoms with Crippen molar-refractivity contribution in [2.24, 2.45) is 0 Å². The van der Waals surface area contributed by atoms with Gasteiger partial charge in [0.25, 0.3) is 0 Å². The number of hydrogen-bond acceptors (Lipinski definition) is 5. The average Bonchev–Trinajstić information content (AvgIpc) is 3.38. The summed E-state index contributed by atoms with van der Waals surface area (Å²) in [5.41, 5.74) is 1.64. The van der Waals surface area contributed by atoms with E-state index in [9.17, 15) is 14.0 Å². The molecule has 3 rings (SSSR count). The van der Waals surface area contributed by atoms with Crippen LogP contribution in [-0.2, 0) is 24.5 Å². The molecule has 180 valence electrons. The second kappa shape index (κ2) is 12.6. The van der Waals surface area contributed by atoms with E-state index >= 15 is 0 Å². The number of hydrogen-bond donors (Lipinski definition) is 2. The Bertz CT molecular complexity index is 1070. The predicted molar refractivity (Wildman–Crippen MR) is 129 cm³/mol. The van der Waals surface area contributed by atoms with E-state index in [0.717, 1.165) is 16.0 Å². The minimum Gasteiger partial charge on any atom is -0.493 e. The first-order chi connectivity index (χ1) is 16.5. The third-order valence-electron chi connectivity index (χ3n) is 5.05. The quantitative estimate of drug-likeness (QED) is 0.424. The van der Waals surface area contributed by atoms with Crippen LogP contribution in [0.15, 0.2) is 60.0 Å². The van der Waals surface area contributed by atoms with Crippen LogP contribution in [0.25, 0.3) is 0 Å². The normalized spacial score (nSPS) is 10.4. The number of carbonyl (C=O) groups is 2. The summed E-state index contributed by atoms with van der Waals surface area (Å²) in [6.07, 6.45) is 0. The lowest BCUT2D eigenvalue weighted by Gasteiger charge is -2.22. The van der Waals surface area contributed by atoms with Gasteiger partial charge < -0.3 is 25.0 Å². The van der Waals surface area contributed by atoms with Crippen LogP contribution in [-0.4, -0.2) is 37.0 Å². The van der Waals surface area contributed by atoms with E-state index in [0.29, 0.717) is 31.2 Å². The van der Waals surface area contributed by atoms with Crippen LogP contribution >= 0.6 is 11.3 Å². The highest BCUT2D eigenvalue weighted by Gasteiger charge is 2.15. The number of ether oxygens (including phenoxy) is 2. The first kappa shape index (κ1) is 25.0. The van der Waals surface area contributed by atoms with E-state index in [-0.39, 0.29) is 24.8 Å². The molecule has 0 saturated heterocycles. The van der Waals surface area contributed by atoms with Gasteiger partial charge in [-0.05, 0) is 53.8 Å². The van der Waals surface area contributed by atoms with Crippen molar-refractivity contribution in [1.82, 2.24) is 15.5 Å². The van der Waals surface area contributed by atoms with Crippen LogP contribution in [0.4, 0.5) is 9.18 Å². The molecule has 1 aromatic heterocycles. The third kappa shape index (κ3) is 7.48. The van der Waals surface area contributed by atoms with Crippen LogP contribution in [0.1, 0.15) is 22.9 Å². The number of nitrogens with one attached hydrogen (secondary N) is 2. The topological polar surface area (TPSA) is 79.9 Å². The van der Waals surface area contributed by atoms with Gasteiger partial charge in [0.05, 0.1) is 13.7 Å². The SMILES string of the molecule is CCN(Cc1ccc(OCc2cccs2)c(OC)c1)C(=O)CNC(=O)NCc1ccc(F)cc1. The van der Waals surface area contributed by atoms with Gasteiger partial charge >= 0.3 is 6.03 Å². The second-order valence-corrected chi connectivity index (χ2v) is 8.46. The molecule has 0 spiro atoms. The molecule has 0 bridgehead atoms. The largest absolute Gasteiger partial charge is 0.493 e. The molecule has 0 fully saturated rings. The summed E-state index contributed by atoms with van der Waals surface area (Å²) < 4.78 is 24.3. The first-order valence-corrected chi connectivity index (χ1v) is 11.7. The van der Waals surface area contributed by atoms with Gasteiger partial charge in [-0.15, -0.1) is 11.3 Å². The summed E-state index contributed by atoms with van der Waals surface area (Å²) in [6, 6.07) is 14.9. The van der Waals surface area contributed by atoms with Gasteiger partial charge in [-0.2, -0.15) is 0 Å². The fourth-order valence-corrected chi connectivity index (χ4v) is 3.80. The van der Waals surface area contributed by atoms with Crippen molar-refractivity contribution < 1.29 is 23.5 Å². The number of carbonyl (C=O) groups excluding carboxylic acids is 2. The molecule has 3 amide bonds. The van der Waals surface area contributed by atoms with E-state index in [2.05, 4.69) is 10.6 Å². The molecule has 7 nitrogen and oxygen atoms in total. The number of thiophene rings is 1. The van der Waals surface area contributed by atoms with E-state index in [1.807, 2.05) is 42.6 Å².